The third-order valence-corrected chi connectivity index (χ3v) is 4.73. The summed E-state index contributed by atoms with van der Waals surface area (Å²) >= 11 is 5.90. The molecule has 1 unspecified atom stereocenters. The number of carbonyl (C=O) groups excluding carboxylic acids is 2. The quantitative estimate of drug-likeness (QED) is 0.730. The van der Waals surface area contributed by atoms with Crippen LogP contribution in [-0.2, 0) is 4.79 Å². The second kappa shape index (κ2) is 8.91. The highest BCUT2D eigenvalue weighted by Crippen LogP contribution is 2.23. The van der Waals surface area contributed by atoms with Crippen LogP contribution >= 0.6 is 11.6 Å². The molecule has 0 aliphatic carbocycles. The van der Waals surface area contributed by atoms with Crippen LogP contribution in [0.25, 0.3) is 0 Å². The largest absolute Gasteiger partial charge is 0.494 e. The van der Waals surface area contributed by atoms with Gasteiger partial charge in [-0.1, -0.05) is 24.9 Å². The number of ether oxygens (including phenoxy) is 1. The van der Waals surface area contributed by atoms with Crippen LogP contribution < -0.4 is 15.0 Å². The molecule has 142 valence electrons. The minimum Gasteiger partial charge on any atom is -0.494 e. The van der Waals surface area contributed by atoms with Crippen LogP contribution in [0.5, 0.6) is 5.75 Å². The van der Waals surface area contributed by atoms with Gasteiger partial charge < -0.3 is 15.0 Å². The van der Waals surface area contributed by atoms with E-state index in [1.165, 1.54) is 0 Å². The molecule has 0 aromatic heterocycles. The Bertz CT molecular complexity index is 790. The van der Waals surface area contributed by atoms with E-state index in [-0.39, 0.29) is 24.3 Å². The smallest absolute Gasteiger partial charge is 0.251 e. The molecule has 6 heteroatoms. The van der Waals surface area contributed by atoms with E-state index in [2.05, 4.69) is 12.2 Å². The van der Waals surface area contributed by atoms with Crippen molar-refractivity contribution in [2.75, 3.05) is 18.1 Å². The van der Waals surface area contributed by atoms with Gasteiger partial charge in [0, 0.05) is 29.2 Å². The molecule has 0 saturated carbocycles. The molecular formula is C21H23ClN2O3. The van der Waals surface area contributed by atoms with Crippen LogP contribution in [0, 0.1) is 0 Å². The molecule has 1 atom stereocenters. The fourth-order valence-corrected chi connectivity index (χ4v) is 3.11. The zero-order valence-corrected chi connectivity index (χ0v) is 16.0. The van der Waals surface area contributed by atoms with Crippen molar-refractivity contribution >= 4 is 29.1 Å². The fraction of sp³-hybridized carbons (Fsp3) is 0.333. The number of anilines is 1. The molecule has 1 fully saturated rings. The molecule has 3 rings (SSSR count). The van der Waals surface area contributed by atoms with Crippen molar-refractivity contribution in [2.45, 2.75) is 32.2 Å². The highest BCUT2D eigenvalue weighted by atomic mass is 35.5. The summed E-state index contributed by atoms with van der Waals surface area (Å²) in [6.45, 7) is 3.23. The van der Waals surface area contributed by atoms with E-state index in [9.17, 15) is 9.59 Å². The molecule has 2 aromatic carbocycles. The lowest BCUT2D eigenvalue weighted by Crippen LogP contribution is -2.37. The van der Waals surface area contributed by atoms with Crippen molar-refractivity contribution in [1.82, 2.24) is 5.32 Å². The molecule has 0 bridgehead atoms. The molecule has 0 radical (unpaired) electrons. The maximum atomic E-state index is 12.5. The number of benzene rings is 2. The van der Waals surface area contributed by atoms with Gasteiger partial charge in [-0.2, -0.15) is 0 Å². The van der Waals surface area contributed by atoms with Crippen molar-refractivity contribution in [3.8, 4) is 5.75 Å². The van der Waals surface area contributed by atoms with Crippen LogP contribution in [0.15, 0.2) is 48.5 Å². The Hall–Kier alpha value is -2.53. The number of carbonyl (C=O) groups is 2. The second-order valence-corrected chi connectivity index (χ2v) is 7.02. The van der Waals surface area contributed by atoms with E-state index in [4.69, 9.17) is 16.3 Å². The standard InChI is InChI=1S/C21H23ClN2O3/c1-2-3-12-27-19-10-4-15(5-11-19)21(26)23-17-13-20(25)24(14-17)18-8-6-16(22)7-9-18/h4-11,17H,2-3,12-14H2,1H3,(H,23,26). The average Bonchev–Trinajstić information content (AvgIpc) is 3.03. The van der Waals surface area contributed by atoms with E-state index < -0.39 is 0 Å². The van der Waals surface area contributed by atoms with Crippen LogP contribution in [0.4, 0.5) is 5.69 Å². The highest BCUT2D eigenvalue weighted by molar-refractivity contribution is 6.30. The number of nitrogens with one attached hydrogen (secondary N) is 1. The Morgan fingerprint density at radius 2 is 1.89 bits per heavy atom. The first kappa shape index (κ1) is 19.2. The van der Waals surface area contributed by atoms with E-state index in [0.29, 0.717) is 23.7 Å². The predicted molar refractivity (Wildman–Crippen MR) is 107 cm³/mol. The molecule has 2 amide bonds. The topological polar surface area (TPSA) is 58.6 Å². The van der Waals surface area contributed by atoms with E-state index in [0.717, 1.165) is 24.3 Å². The summed E-state index contributed by atoms with van der Waals surface area (Å²) in [6.07, 6.45) is 2.36. The summed E-state index contributed by atoms with van der Waals surface area (Å²) < 4.78 is 5.61. The molecule has 1 aliphatic rings. The van der Waals surface area contributed by atoms with E-state index in [1.54, 1.807) is 41.3 Å². The van der Waals surface area contributed by atoms with Crippen LogP contribution in [0.2, 0.25) is 5.02 Å². The second-order valence-electron chi connectivity index (χ2n) is 6.58. The van der Waals surface area contributed by atoms with Gasteiger partial charge in [-0.05, 0) is 55.0 Å². The minimum absolute atomic E-state index is 0.0118. The van der Waals surface area contributed by atoms with Gasteiger partial charge in [0.1, 0.15) is 5.75 Å². The number of rotatable bonds is 7. The molecular weight excluding hydrogens is 364 g/mol. The maximum absolute atomic E-state index is 12.5. The molecule has 1 heterocycles. The number of hydrogen-bond donors (Lipinski definition) is 1. The molecule has 5 nitrogen and oxygen atoms in total. The molecule has 1 N–H and O–H groups in total. The summed E-state index contributed by atoms with van der Waals surface area (Å²) in [5.74, 6) is 0.554. The first-order valence-electron chi connectivity index (χ1n) is 9.16. The Morgan fingerprint density at radius 3 is 2.56 bits per heavy atom. The van der Waals surface area contributed by atoms with Gasteiger partial charge in [0.2, 0.25) is 5.91 Å². The fourth-order valence-electron chi connectivity index (χ4n) is 2.98. The number of nitrogens with zero attached hydrogens (tertiary/aromatic N) is 1. The van der Waals surface area contributed by atoms with Gasteiger partial charge in [-0.3, -0.25) is 9.59 Å². The zero-order chi connectivity index (χ0) is 19.2. The van der Waals surface area contributed by atoms with Crippen molar-refractivity contribution in [3.05, 3.63) is 59.1 Å². The SMILES string of the molecule is CCCCOc1ccc(C(=O)NC2CC(=O)N(c3ccc(Cl)cc3)C2)cc1. The highest BCUT2D eigenvalue weighted by Gasteiger charge is 2.31. The van der Waals surface area contributed by atoms with Crippen molar-refractivity contribution in [1.29, 1.82) is 0 Å². The number of amides is 2. The molecule has 2 aromatic rings. The Morgan fingerprint density at radius 1 is 1.19 bits per heavy atom. The lowest BCUT2D eigenvalue weighted by molar-refractivity contribution is -0.117. The summed E-state index contributed by atoms with van der Waals surface area (Å²) in [5, 5.41) is 3.56. The van der Waals surface area contributed by atoms with Crippen LogP contribution in [0.1, 0.15) is 36.5 Å². The molecule has 1 aliphatic heterocycles. The van der Waals surface area contributed by atoms with Crippen LogP contribution in [-0.4, -0.2) is 31.0 Å². The maximum Gasteiger partial charge on any atom is 0.251 e. The van der Waals surface area contributed by atoms with Gasteiger partial charge >= 0.3 is 0 Å². The minimum atomic E-state index is -0.221. The van der Waals surface area contributed by atoms with E-state index >= 15 is 0 Å². The van der Waals surface area contributed by atoms with Crippen molar-refractivity contribution in [2.24, 2.45) is 0 Å². The van der Waals surface area contributed by atoms with Gasteiger partial charge in [0.25, 0.3) is 5.91 Å². The monoisotopic (exact) mass is 386 g/mol. The van der Waals surface area contributed by atoms with Crippen molar-refractivity contribution in [3.63, 3.8) is 0 Å². The first-order chi connectivity index (χ1) is 13.1. The predicted octanol–water partition coefficient (Wildman–Crippen LogP) is 4.05. The normalized spacial score (nSPS) is 16.4. The van der Waals surface area contributed by atoms with Gasteiger partial charge in [0.15, 0.2) is 0 Å². The van der Waals surface area contributed by atoms with Crippen molar-refractivity contribution < 1.29 is 14.3 Å². The first-order valence-corrected chi connectivity index (χ1v) is 9.54. The zero-order valence-electron chi connectivity index (χ0n) is 15.3. The Kier molecular flexibility index (Phi) is 6.35. The number of halogens is 1. The molecule has 1 saturated heterocycles. The summed E-state index contributed by atoms with van der Waals surface area (Å²) in [5.41, 5.74) is 1.34. The average molecular weight is 387 g/mol. The molecule has 0 spiro atoms. The lowest BCUT2D eigenvalue weighted by atomic mass is 10.2. The van der Waals surface area contributed by atoms with Crippen LogP contribution in [0.3, 0.4) is 0 Å². The van der Waals surface area contributed by atoms with Gasteiger partial charge in [0.05, 0.1) is 12.6 Å². The molecule has 27 heavy (non-hydrogen) atoms. The summed E-state index contributed by atoms with van der Waals surface area (Å²) in [6, 6.07) is 14.0. The van der Waals surface area contributed by atoms with E-state index in [1.807, 2.05) is 12.1 Å². The van der Waals surface area contributed by atoms with Gasteiger partial charge in [-0.15, -0.1) is 0 Å². The number of hydrogen-bond acceptors (Lipinski definition) is 3. The number of unbranched alkanes of at least 4 members (excludes halogenated alkanes) is 1. The summed E-state index contributed by atoms with van der Waals surface area (Å²) in [4.78, 5) is 26.4. The lowest BCUT2D eigenvalue weighted by Gasteiger charge is -2.17. The third kappa shape index (κ3) is 5.01. The Labute approximate surface area is 164 Å². The Balaban J connectivity index is 1.56. The third-order valence-electron chi connectivity index (χ3n) is 4.48. The summed E-state index contributed by atoms with van der Waals surface area (Å²) in [7, 11) is 0. The van der Waals surface area contributed by atoms with Gasteiger partial charge in [-0.25, -0.2) is 0 Å².